The molecule has 212 valence electrons. The van der Waals surface area contributed by atoms with Gasteiger partial charge in [0.15, 0.2) is 0 Å². The predicted molar refractivity (Wildman–Crippen MR) is 159 cm³/mol. The molecule has 0 aromatic carbocycles. The maximum Gasteiger partial charge on any atom is 0.305 e. The van der Waals surface area contributed by atoms with Crippen LogP contribution in [0, 0.1) is 0 Å². The number of thioether (sulfide) groups is 2. The molecule has 2 fully saturated rings. The summed E-state index contributed by atoms with van der Waals surface area (Å²) in [5.74, 6) is -0.894. The van der Waals surface area contributed by atoms with Crippen molar-refractivity contribution >= 4 is 80.4 Å². The molecular formula is C26H38N2O6S4. The smallest absolute Gasteiger partial charge is 0.305 e. The van der Waals surface area contributed by atoms with Crippen molar-refractivity contribution in [1.29, 1.82) is 0 Å². The van der Waals surface area contributed by atoms with E-state index in [2.05, 4.69) is 0 Å². The lowest BCUT2D eigenvalue weighted by atomic mass is 10.2. The molecule has 0 aliphatic carbocycles. The normalized spacial score (nSPS) is 17.6. The van der Waals surface area contributed by atoms with Crippen LogP contribution in [-0.4, -0.2) is 68.5 Å². The van der Waals surface area contributed by atoms with Gasteiger partial charge in [-0.25, -0.2) is 0 Å². The van der Waals surface area contributed by atoms with Crippen LogP contribution in [0.5, 0.6) is 0 Å². The zero-order chi connectivity index (χ0) is 27.9. The second kappa shape index (κ2) is 18.0. The summed E-state index contributed by atoms with van der Waals surface area (Å²) in [7, 11) is 0. The minimum absolute atomic E-state index is 0.184. The van der Waals surface area contributed by atoms with Crippen molar-refractivity contribution in [3.63, 3.8) is 0 Å². The first kappa shape index (κ1) is 32.7. The standard InChI is InChI=1S/C26H38N2O6S4/c1-3-5-17-33-19(29)13-9-7-11-15-27-23(31)21(37-25(27)35)22-24(32)28(26(36)38-22)16-12-8-10-14-20(30)34-18-6-4-2/h3-18H2,1-2H3/b22-21+. The van der Waals surface area contributed by atoms with Crippen LogP contribution in [0.25, 0.3) is 0 Å². The average Bonchev–Trinajstić information content (AvgIpc) is 3.32. The molecular weight excluding hydrogens is 565 g/mol. The Hall–Kier alpha value is -1.50. The first-order valence-electron chi connectivity index (χ1n) is 13.4. The fourth-order valence-corrected chi connectivity index (χ4v) is 6.46. The Morgan fingerprint density at radius 2 is 1.05 bits per heavy atom. The van der Waals surface area contributed by atoms with Crippen LogP contribution in [0.4, 0.5) is 0 Å². The third kappa shape index (κ3) is 10.6. The maximum absolute atomic E-state index is 13.1. The van der Waals surface area contributed by atoms with Crippen molar-refractivity contribution in [2.75, 3.05) is 26.3 Å². The molecule has 2 aliphatic heterocycles. The Balaban J connectivity index is 1.76. The Bertz CT molecular complexity index is 851. The van der Waals surface area contributed by atoms with Crippen molar-refractivity contribution in [2.45, 2.75) is 90.9 Å². The van der Waals surface area contributed by atoms with Gasteiger partial charge in [0.25, 0.3) is 11.8 Å². The van der Waals surface area contributed by atoms with E-state index in [0.717, 1.165) is 62.0 Å². The molecule has 0 aromatic rings. The lowest BCUT2D eigenvalue weighted by Crippen LogP contribution is -2.31. The first-order chi connectivity index (χ1) is 18.3. The number of thiocarbonyl (C=S) groups is 2. The zero-order valence-corrected chi connectivity index (χ0v) is 25.6. The molecule has 0 N–H and O–H groups in total. The largest absolute Gasteiger partial charge is 0.466 e. The number of hydrogen-bond donors (Lipinski definition) is 0. The Labute approximate surface area is 245 Å². The third-order valence-corrected chi connectivity index (χ3v) is 8.98. The van der Waals surface area contributed by atoms with Crippen LogP contribution in [-0.2, 0) is 28.7 Å². The monoisotopic (exact) mass is 602 g/mol. The summed E-state index contributed by atoms with van der Waals surface area (Å²) in [6.07, 6.45) is 8.79. The van der Waals surface area contributed by atoms with E-state index >= 15 is 0 Å². The molecule has 0 radical (unpaired) electrons. The summed E-state index contributed by atoms with van der Waals surface area (Å²) < 4.78 is 11.2. The number of amides is 2. The van der Waals surface area contributed by atoms with Gasteiger partial charge in [0.2, 0.25) is 0 Å². The lowest BCUT2D eigenvalue weighted by Gasteiger charge is -2.14. The number of hydrogen-bond acceptors (Lipinski definition) is 10. The van der Waals surface area contributed by atoms with Crippen molar-refractivity contribution in [3.05, 3.63) is 9.81 Å². The van der Waals surface area contributed by atoms with Gasteiger partial charge in [-0.05, 0) is 38.5 Å². The molecule has 0 aromatic heterocycles. The molecule has 2 amide bonds. The van der Waals surface area contributed by atoms with Crippen molar-refractivity contribution in [2.24, 2.45) is 0 Å². The molecule has 2 rings (SSSR count). The van der Waals surface area contributed by atoms with E-state index in [1.165, 1.54) is 9.80 Å². The van der Waals surface area contributed by atoms with Gasteiger partial charge < -0.3 is 9.47 Å². The zero-order valence-electron chi connectivity index (χ0n) is 22.3. The number of nitrogens with zero attached hydrogens (tertiary/aromatic N) is 2. The first-order valence-corrected chi connectivity index (χ1v) is 15.9. The molecule has 0 bridgehead atoms. The Kier molecular flexibility index (Phi) is 15.5. The molecule has 0 spiro atoms. The molecule has 38 heavy (non-hydrogen) atoms. The third-order valence-electron chi connectivity index (χ3n) is 5.95. The van der Waals surface area contributed by atoms with E-state index in [0.29, 0.717) is 83.3 Å². The van der Waals surface area contributed by atoms with Gasteiger partial charge in [-0.2, -0.15) is 0 Å². The number of carbonyl (C=O) groups is 4. The van der Waals surface area contributed by atoms with Crippen molar-refractivity contribution in [1.82, 2.24) is 9.80 Å². The van der Waals surface area contributed by atoms with Crippen LogP contribution in [0.2, 0.25) is 0 Å². The van der Waals surface area contributed by atoms with Crippen LogP contribution in [0.1, 0.15) is 90.9 Å². The van der Waals surface area contributed by atoms with Crippen molar-refractivity contribution in [3.8, 4) is 0 Å². The summed E-state index contributed by atoms with van der Waals surface area (Å²) in [6, 6.07) is 0. The van der Waals surface area contributed by atoms with Gasteiger partial charge in [0.1, 0.15) is 8.64 Å². The summed E-state index contributed by atoms with van der Waals surface area (Å²) >= 11 is 13.1. The minimum atomic E-state index is -0.263. The summed E-state index contributed by atoms with van der Waals surface area (Å²) in [5.41, 5.74) is 0. The molecule has 0 atom stereocenters. The molecule has 2 aliphatic rings. The van der Waals surface area contributed by atoms with Crippen LogP contribution >= 0.6 is 48.0 Å². The molecule has 2 saturated heterocycles. The quantitative estimate of drug-likeness (QED) is 0.0839. The van der Waals surface area contributed by atoms with Gasteiger partial charge in [0.05, 0.1) is 23.0 Å². The van der Waals surface area contributed by atoms with Crippen LogP contribution in [0.3, 0.4) is 0 Å². The fourth-order valence-electron chi connectivity index (χ4n) is 3.69. The van der Waals surface area contributed by atoms with Gasteiger partial charge in [-0.1, -0.05) is 87.5 Å². The molecule has 0 unspecified atom stereocenters. The Morgan fingerprint density at radius 3 is 1.42 bits per heavy atom. The van der Waals surface area contributed by atoms with E-state index < -0.39 is 0 Å². The van der Waals surface area contributed by atoms with Gasteiger partial charge in [0, 0.05) is 25.9 Å². The number of ether oxygens (including phenoxy) is 2. The fraction of sp³-hybridized carbons (Fsp3) is 0.692. The second-order valence-electron chi connectivity index (χ2n) is 9.08. The van der Waals surface area contributed by atoms with E-state index in [9.17, 15) is 19.2 Å². The number of esters is 2. The summed E-state index contributed by atoms with van der Waals surface area (Å²) in [6.45, 7) is 5.91. The molecule has 8 nitrogen and oxygen atoms in total. The van der Waals surface area contributed by atoms with E-state index in [1.54, 1.807) is 0 Å². The topological polar surface area (TPSA) is 93.2 Å². The van der Waals surface area contributed by atoms with E-state index in [1.807, 2.05) is 13.8 Å². The number of rotatable bonds is 18. The maximum atomic E-state index is 13.1. The second-order valence-corrected chi connectivity index (χ2v) is 12.4. The van der Waals surface area contributed by atoms with Gasteiger partial charge in [-0.3, -0.25) is 29.0 Å². The molecule has 2 heterocycles. The van der Waals surface area contributed by atoms with Gasteiger partial charge in [-0.15, -0.1) is 0 Å². The Morgan fingerprint density at radius 1 is 0.658 bits per heavy atom. The minimum Gasteiger partial charge on any atom is -0.466 e. The molecule has 0 saturated carbocycles. The predicted octanol–water partition coefficient (Wildman–Crippen LogP) is 5.73. The van der Waals surface area contributed by atoms with Crippen molar-refractivity contribution < 1.29 is 28.7 Å². The van der Waals surface area contributed by atoms with E-state index in [-0.39, 0.29) is 23.8 Å². The van der Waals surface area contributed by atoms with Crippen LogP contribution < -0.4 is 0 Å². The number of unbranched alkanes of at least 4 members (excludes halogenated alkanes) is 6. The highest BCUT2D eigenvalue weighted by molar-refractivity contribution is 8.29. The average molecular weight is 603 g/mol. The lowest BCUT2D eigenvalue weighted by molar-refractivity contribution is -0.144. The van der Waals surface area contributed by atoms with E-state index in [4.69, 9.17) is 33.9 Å². The summed E-state index contributed by atoms with van der Waals surface area (Å²) in [5, 5.41) is 0. The highest BCUT2D eigenvalue weighted by Gasteiger charge is 2.41. The molecule has 12 heteroatoms. The SMILES string of the molecule is CCCCOC(=O)CCCCCN1C(=O)/C(=C2\SC(=S)N(CCCCCC(=O)OCCCC)C2=O)SC1=S. The van der Waals surface area contributed by atoms with Crippen LogP contribution in [0.15, 0.2) is 9.81 Å². The summed E-state index contributed by atoms with van der Waals surface area (Å²) in [4.78, 5) is 53.2. The number of carbonyl (C=O) groups excluding carboxylic acids is 4. The van der Waals surface area contributed by atoms with Gasteiger partial charge >= 0.3 is 11.9 Å². The highest BCUT2D eigenvalue weighted by Crippen LogP contribution is 2.42. The highest BCUT2D eigenvalue weighted by atomic mass is 32.2.